The van der Waals surface area contributed by atoms with Crippen molar-refractivity contribution in [3.8, 4) is 0 Å². The highest BCUT2D eigenvalue weighted by Gasteiger charge is 2.09. The van der Waals surface area contributed by atoms with Gasteiger partial charge in [0.2, 0.25) is 0 Å². The third-order valence-electron chi connectivity index (χ3n) is 2.27. The Balaban J connectivity index is 2.21. The molecule has 18 heavy (non-hydrogen) atoms. The van der Waals surface area contributed by atoms with E-state index in [4.69, 9.17) is 0 Å². The summed E-state index contributed by atoms with van der Waals surface area (Å²) < 4.78 is 0. The highest BCUT2D eigenvalue weighted by Crippen LogP contribution is 2.24. The van der Waals surface area contributed by atoms with Crippen LogP contribution in [0.15, 0.2) is 46.1 Å². The Hall–Kier alpha value is -2.08. The smallest absolute Gasteiger partial charge is 0.276 e. The number of aromatic nitrogens is 2. The topological polar surface area (TPSA) is 74.8 Å². The lowest BCUT2D eigenvalue weighted by atomic mass is 10.3. The molecule has 0 spiro atoms. The quantitative estimate of drug-likeness (QED) is 0.825. The normalized spacial score (nSPS) is 10.1. The van der Waals surface area contributed by atoms with Crippen molar-refractivity contribution in [1.82, 2.24) is 10.2 Å². The number of thioether (sulfide) groups is 1. The van der Waals surface area contributed by atoms with E-state index < -0.39 is 0 Å². The summed E-state index contributed by atoms with van der Waals surface area (Å²) in [5.74, 6) is -0.354. The van der Waals surface area contributed by atoms with E-state index in [9.17, 15) is 9.59 Å². The fraction of sp³-hybridized carbons (Fsp3) is 0.0833. The number of rotatable bonds is 3. The molecule has 0 saturated carbocycles. The molecule has 0 fully saturated rings. The molecule has 0 atom stereocenters. The van der Waals surface area contributed by atoms with Crippen LogP contribution in [0, 0.1) is 0 Å². The molecule has 1 heterocycles. The molecule has 0 aliphatic carbocycles. The van der Waals surface area contributed by atoms with Crippen LogP contribution in [0.3, 0.4) is 0 Å². The minimum atomic E-state index is -0.354. The van der Waals surface area contributed by atoms with Gasteiger partial charge in [0.1, 0.15) is 5.69 Å². The van der Waals surface area contributed by atoms with E-state index >= 15 is 0 Å². The van der Waals surface area contributed by atoms with E-state index in [2.05, 4.69) is 15.5 Å². The fourth-order valence-corrected chi connectivity index (χ4v) is 1.96. The summed E-state index contributed by atoms with van der Waals surface area (Å²) in [7, 11) is 0. The third kappa shape index (κ3) is 2.78. The van der Waals surface area contributed by atoms with Crippen LogP contribution in [0.1, 0.15) is 10.5 Å². The number of H-pyrrole nitrogens is 1. The van der Waals surface area contributed by atoms with Crippen molar-refractivity contribution in [2.75, 3.05) is 11.6 Å². The molecule has 0 aliphatic rings. The van der Waals surface area contributed by atoms with Gasteiger partial charge >= 0.3 is 0 Å². The first-order valence-electron chi connectivity index (χ1n) is 5.21. The third-order valence-corrected chi connectivity index (χ3v) is 3.06. The number of carbonyl (C=O) groups is 1. The highest BCUT2D eigenvalue weighted by molar-refractivity contribution is 7.98. The molecule has 0 saturated heterocycles. The number of amides is 1. The van der Waals surface area contributed by atoms with E-state index in [1.165, 1.54) is 12.1 Å². The summed E-state index contributed by atoms with van der Waals surface area (Å²) in [6, 6.07) is 10.1. The molecule has 2 rings (SSSR count). The fourth-order valence-electron chi connectivity index (χ4n) is 1.41. The van der Waals surface area contributed by atoms with Crippen LogP contribution in [0.25, 0.3) is 0 Å². The second-order valence-electron chi connectivity index (χ2n) is 3.46. The number of anilines is 1. The van der Waals surface area contributed by atoms with Gasteiger partial charge in [-0.2, -0.15) is 5.10 Å². The first-order valence-corrected chi connectivity index (χ1v) is 6.43. The Morgan fingerprint density at radius 1 is 1.28 bits per heavy atom. The van der Waals surface area contributed by atoms with E-state index in [0.29, 0.717) is 0 Å². The average Bonchev–Trinajstić information content (AvgIpc) is 2.40. The number of carbonyl (C=O) groups excluding carboxylic acids is 1. The van der Waals surface area contributed by atoms with Gasteiger partial charge in [-0.25, -0.2) is 5.10 Å². The summed E-state index contributed by atoms with van der Waals surface area (Å²) in [6.45, 7) is 0. The molecule has 0 unspecified atom stereocenters. The Labute approximate surface area is 108 Å². The van der Waals surface area contributed by atoms with Gasteiger partial charge in [-0.3, -0.25) is 9.59 Å². The average molecular weight is 261 g/mol. The van der Waals surface area contributed by atoms with Crippen LogP contribution in [-0.2, 0) is 0 Å². The Morgan fingerprint density at radius 3 is 2.72 bits per heavy atom. The molecule has 5 nitrogen and oxygen atoms in total. The minimum Gasteiger partial charge on any atom is -0.320 e. The molecule has 92 valence electrons. The lowest BCUT2D eigenvalue weighted by Gasteiger charge is -2.08. The number of nitrogens with one attached hydrogen (secondary N) is 2. The lowest BCUT2D eigenvalue weighted by molar-refractivity contribution is 0.102. The van der Waals surface area contributed by atoms with Crippen molar-refractivity contribution in [2.45, 2.75) is 4.90 Å². The minimum absolute atomic E-state index is 0.172. The molecule has 1 amide bonds. The zero-order valence-corrected chi connectivity index (χ0v) is 10.5. The molecule has 2 aromatic rings. The van der Waals surface area contributed by atoms with Crippen molar-refractivity contribution in [3.63, 3.8) is 0 Å². The van der Waals surface area contributed by atoms with Crippen LogP contribution in [0.4, 0.5) is 5.69 Å². The summed E-state index contributed by atoms with van der Waals surface area (Å²) in [6.07, 6.45) is 1.93. The highest BCUT2D eigenvalue weighted by atomic mass is 32.2. The van der Waals surface area contributed by atoms with E-state index in [0.717, 1.165) is 10.6 Å². The zero-order valence-electron chi connectivity index (χ0n) is 9.64. The van der Waals surface area contributed by atoms with E-state index in [-0.39, 0.29) is 17.2 Å². The van der Waals surface area contributed by atoms with Crippen LogP contribution >= 0.6 is 11.8 Å². The number of para-hydroxylation sites is 1. The summed E-state index contributed by atoms with van der Waals surface area (Å²) in [5.41, 5.74) is 0.560. The maximum absolute atomic E-state index is 11.9. The van der Waals surface area contributed by atoms with Gasteiger partial charge in [0.25, 0.3) is 11.5 Å². The van der Waals surface area contributed by atoms with Gasteiger partial charge in [0.05, 0.1) is 5.69 Å². The van der Waals surface area contributed by atoms with Crippen LogP contribution < -0.4 is 10.9 Å². The maximum atomic E-state index is 11.9. The van der Waals surface area contributed by atoms with Gasteiger partial charge < -0.3 is 5.32 Å². The van der Waals surface area contributed by atoms with Crippen molar-refractivity contribution in [3.05, 3.63) is 52.4 Å². The second-order valence-corrected chi connectivity index (χ2v) is 4.31. The van der Waals surface area contributed by atoms with Crippen molar-refractivity contribution >= 4 is 23.4 Å². The maximum Gasteiger partial charge on any atom is 0.276 e. The molecule has 0 aliphatic heterocycles. The summed E-state index contributed by atoms with van der Waals surface area (Å²) in [4.78, 5) is 23.7. The van der Waals surface area contributed by atoms with Crippen LogP contribution in [0.2, 0.25) is 0 Å². The monoisotopic (exact) mass is 261 g/mol. The molecule has 0 bridgehead atoms. The van der Waals surface area contributed by atoms with Gasteiger partial charge in [-0.05, 0) is 24.5 Å². The molecular weight excluding hydrogens is 250 g/mol. The van der Waals surface area contributed by atoms with Gasteiger partial charge in [0.15, 0.2) is 0 Å². The molecule has 2 N–H and O–H groups in total. The van der Waals surface area contributed by atoms with E-state index in [1.54, 1.807) is 11.8 Å². The van der Waals surface area contributed by atoms with Crippen molar-refractivity contribution in [1.29, 1.82) is 0 Å². The Morgan fingerprint density at radius 2 is 2.06 bits per heavy atom. The molecule has 1 aromatic heterocycles. The molecule has 1 aromatic carbocycles. The molecule has 0 radical (unpaired) electrons. The second kappa shape index (κ2) is 5.50. The summed E-state index contributed by atoms with van der Waals surface area (Å²) in [5, 5.41) is 8.65. The van der Waals surface area contributed by atoms with Crippen molar-refractivity contribution < 1.29 is 4.79 Å². The lowest BCUT2D eigenvalue weighted by Crippen LogP contribution is -2.17. The zero-order chi connectivity index (χ0) is 13.0. The van der Waals surface area contributed by atoms with Crippen molar-refractivity contribution in [2.24, 2.45) is 0 Å². The summed E-state index contributed by atoms with van der Waals surface area (Å²) >= 11 is 1.54. The first kappa shape index (κ1) is 12.4. The molecule has 6 heteroatoms. The van der Waals surface area contributed by atoms with Crippen LogP contribution in [0.5, 0.6) is 0 Å². The standard InChI is InChI=1S/C12H11N3O2S/c1-18-10-5-3-2-4-8(10)13-12(17)9-6-7-11(16)15-14-9/h2-7H,1H3,(H,13,17)(H,15,16). The van der Waals surface area contributed by atoms with Gasteiger partial charge in [0, 0.05) is 11.0 Å². The van der Waals surface area contributed by atoms with Gasteiger partial charge in [-0.1, -0.05) is 12.1 Å². The number of hydrogen-bond donors (Lipinski definition) is 2. The SMILES string of the molecule is CSc1ccccc1NC(=O)c1ccc(=O)[nH]n1. The molecular formula is C12H11N3O2S. The predicted molar refractivity (Wildman–Crippen MR) is 71.0 cm³/mol. The van der Waals surface area contributed by atoms with E-state index in [1.807, 2.05) is 30.5 Å². The predicted octanol–water partition coefficient (Wildman–Crippen LogP) is 1.74. The number of benzene rings is 1. The number of aromatic amines is 1. The first-order chi connectivity index (χ1) is 8.70. The Bertz CT molecular complexity index is 604. The van der Waals surface area contributed by atoms with Crippen LogP contribution in [-0.4, -0.2) is 22.4 Å². The Kier molecular flexibility index (Phi) is 3.78. The number of hydrogen-bond acceptors (Lipinski definition) is 4. The number of nitrogens with zero attached hydrogens (tertiary/aromatic N) is 1. The van der Waals surface area contributed by atoms with Gasteiger partial charge in [-0.15, -0.1) is 11.8 Å². The largest absolute Gasteiger partial charge is 0.320 e.